The van der Waals surface area contributed by atoms with Crippen LogP contribution < -0.4 is 0 Å². The molecule has 0 amide bonds. The van der Waals surface area contributed by atoms with Gasteiger partial charge in [-0.25, -0.2) is 0 Å². The predicted octanol–water partition coefficient (Wildman–Crippen LogP) is -5.91. The van der Waals surface area contributed by atoms with Crippen molar-refractivity contribution in [2.45, 2.75) is 92.9 Å². The molecule has 3 saturated heterocycles. The van der Waals surface area contributed by atoms with E-state index in [0.29, 0.717) is 0 Å². The maximum atomic E-state index is 10.4. The first-order valence-corrected chi connectivity index (χ1v) is 9.85. The Labute approximate surface area is 176 Å². The van der Waals surface area contributed by atoms with Crippen molar-refractivity contribution in [2.24, 2.45) is 0 Å². The van der Waals surface area contributed by atoms with Crippen LogP contribution in [0.1, 0.15) is 6.92 Å². The Balaban J connectivity index is 1.74. The van der Waals surface area contributed by atoms with Crippen molar-refractivity contribution >= 4 is 0 Å². The van der Waals surface area contributed by atoms with Gasteiger partial charge in [0, 0.05) is 0 Å². The average Bonchev–Trinajstić information content (AvgIpc) is 2.74. The molecule has 31 heavy (non-hydrogen) atoms. The molecule has 9 N–H and O–H groups in total. The van der Waals surface area contributed by atoms with Crippen LogP contribution in [0, 0.1) is 0 Å². The summed E-state index contributed by atoms with van der Waals surface area (Å²) in [5.74, 6) is 0. The summed E-state index contributed by atoms with van der Waals surface area (Å²) in [4.78, 5) is 0. The van der Waals surface area contributed by atoms with Crippen LogP contribution in [-0.2, 0) is 23.7 Å². The van der Waals surface area contributed by atoms with Gasteiger partial charge in [-0.3, -0.25) is 0 Å². The number of hydrogen-bond acceptors (Lipinski definition) is 14. The molecule has 3 heterocycles. The lowest BCUT2D eigenvalue weighted by atomic mass is 9.98. The molecule has 3 aliphatic heterocycles. The molecule has 14 atom stereocenters. The van der Waals surface area contributed by atoms with E-state index >= 15 is 0 Å². The molecule has 3 aliphatic rings. The van der Waals surface area contributed by atoms with Crippen molar-refractivity contribution < 1.29 is 69.6 Å². The van der Waals surface area contributed by atoms with Crippen LogP contribution in [0.4, 0.5) is 0 Å². The van der Waals surface area contributed by atoms with Crippen molar-refractivity contribution in [3.05, 3.63) is 0 Å². The molecule has 0 aromatic heterocycles. The van der Waals surface area contributed by atoms with Gasteiger partial charge in [-0.2, -0.15) is 0 Å². The van der Waals surface area contributed by atoms with Gasteiger partial charge in [-0.1, -0.05) is 0 Å². The summed E-state index contributed by atoms with van der Waals surface area (Å²) < 4.78 is 26.6. The molecule has 182 valence electrons. The van der Waals surface area contributed by atoms with Gasteiger partial charge in [-0.05, 0) is 6.92 Å². The second kappa shape index (κ2) is 10.1. The lowest BCUT2D eigenvalue weighted by molar-refractivity contribution is -0.379. The van der Waals surface area contributed by atoms with E-state index in [-0.39, 0.29) is 0 Å². The third kappa shape index (κ3) is 5.02. The Bertz CT molecular complexity index is 581. The summed E-state index contributed by atoms with van der Waals surface area (Å²) in [5.41, 5.74) is 0. The van der Waals surface area contributed by atoms with E-state index in [1.54, 1.807) is 0 Å². The van der Waals surface area contributed by atoms with Gasteiger partial charge in [0.2, 0.25) is 0 Å². The molecular weight excluding hydrogens is 428 g/mol. The van der Waals surface area contributed by atoms with Crippen LogP contribution in [0.5, 0.6) is 0 Å². The quantitative estimate of drug-likeness (QED) is 0.187. The maximum absolute atomic E-state index is 10.4. The molecule has 0 bridgehead atoms. The van der Waals surface area contributed by atoms with Gasteiger partial charge in [0.05, 0.1) is 19.3 Å². The van der Waals surface area contributed by atoms with Crippen molar-refractivity contribution in [1.82, 2.24) is 0 Å². The van der Waals surface area contributed by atoms with Gasteiger partial charge in [0.25, 0.3) is 0 Å². The minimum atomic E-state index is -1.79. The largest absolute Gasteiger partial charge is 0.394 e. The molecule has 0 aromatic carbocycles. The Morgan fingerprint density at radius 2 is 1.35 bits per heavy atom. The normalized spacial score (nSPS) is 54.0. The topological polar surface area (TPSA) is 228 Å². The highest BCUT2D eigenvalue weighted by molar-refractivity contribution is 4.93. The van der Waals surface area contributed by atoms with Crippen LogP contribution in [-0.4, -0.2) is 145 Å². The molecule has 0 aromatic rings. The van der Waals surface area contributed by atoms with Crippen LogP contribution in [0.3, 0.4) is 0 Å². The highest BCUT2D eigenvalue weighted by Crippen LogP contribution is 2.30. The van der Waals surface area contributed by atoms with Crippen molar-refractivity contribution in [3.63, 3.8) is 0 Å². The number of ether oxygens (including phenoxy) is 5. The number of hydrogen-bond donors (Lipinski definition) is 9. The molecule has 14 heteroatoms. The highest BCUT2D eigenvalue weighted by Gasteiger charge is 2.51. The van der Waals surface area contributed by atoms with Gasteiger partial charge < -0.3 is 69.6 Å². The number of aliphatic hydroxyl groups excluding tert-OH is 9. The van der Waals surface area contributed by atoms with Crippen LogP contribution in [0.25, 0.3) is 0 Å². The molecule has 0 spiro atoms. The third-order valence-electron chi connectivity index (χ3n) is 5.66. The second-order valence-corrected chi connectivity index (χ2v) is 7.87. The zero-order valence-corrected chi connectivity index (χ0v) is 16.6. The van der Waals surface area contributed by atoms with Crippen LogP contribution in [0.2, 0.25) is 0 Å². The molecule has 3 fully saturated rings. The summed E-state index contributed by atoms with van der Waals surface area (Å²) in [5, 5.41) is 89.7. The minimum Gasteiger partial charge on any atom is -0.394 e. The summed E-state index contributed by atoms with van der Waals surface area (Å²) in [6, 6.07) is 0. The molecule has 14 nitrogen and oxygen atoms in total. The molecule has 3 rings (SSSR count). The monoisotopic (exact) mass is 458 g/mol. The first-order valence-electron chi connectivity index (χ1n) is 9.85. The summed E-state index contributed by atoms with van der Waals surface area (Å²) in [6.45, 7) is 0.318. The van der Waals surface area contributed by atoms with E-state index in [9.17, 15) is 40.9 Å². The second-order valence-electron chi connectivity index (χ2n) is 7.87. The zero-order chi connectivity index (χ0) is 23.0. The van der Waals surface area contributed by atoms with Gasteiger partial charge in [-0.15, -0.1) is 0 Å². The summed E-state index contributed by atoms with van der Waals surface area (Å²) >= 11 is 0. The smallest absolute Gasteiger partial charge is 0.187 e. The first-order chi connectivity index (χ1) is 14.6. The van der Waals surface area contributed by atoms with E-state index in [1.807, 2.05) is 0 Å². The van der Waals surface area contributed by atoms with E-state index in [2.05, 4.69) is 0 Å². The average molecular weight is 458 g/mol. The fraction of sp³-hybridized carbons (Fsp3) is 1.00. The minimum absolute atomic E-state index is 0.418. The molecule has 0 saturated carbocycles. The van der Waals surface area contributed by atoms with E-state index in [1.165, 1.54) is 6.92 Å². The zero-order valence-electron chi connectivity index (χ0n) is 16.6. The molecule has 1 unspecified atom stereocenters. The van der Waals surface area contributed by atoms with Crippen molar-refractivity contribution in [1.29, 1.82) is 0 Å². The Morgan fingerprint density at radius 3 is 2.00 bits per heavy atom. The number of aliphatic hydroxyl groups is 9. The fourth-order valence-corrected chi connectivity index (χ4v) is 3.68. The lowest BCUT2D eigenvalue weighted by Gasteiger charge is -2.46. The number of rotatable bonds is 5. The van der Waals surface area contributed by atoms with Crippen LogP contribution in [0.15, 0.2) is 0 Å². The first kappa shape index (κ1) is 25.1. The Morgan fingerprint density at radius 1 is 0.710 bits per heavy atom. The van der Waals surface area contributed by atoms with Gasteiger partial charge in [0.1, 0.15) is 61.0 Å². The van der Waals surface area contributed by atoms with Gasteiger partial charge >= 0.3 is 0 Å². The van der Waals surface area contributed by atoms with Gasteiger partial charge in [0.15, 0.2) is 18.9 Å². The Hall–Kier alpha value is -0.560. The molecular formula is C17H30O14. The SMILES string of the molecule is C[C@@H]1O[C@@H](O[C@H]2[C@H](O[C@H]3C(O)O[C@H](CO)[C@@H](O)[C@@H]3O)OC[C@@H](O)[C@@H]2O)[C@H](O)[C@H](O)[C@H]1O. The molecule has 0 radical (unpaired) electrons. The fourth-order valence-electron chi connectivity index (χ4n) is 3.68. The van der Waals surface area contributed by atoms with Crippen molar-refractivity contribution in [3.8, 4) is 0 Å². The van der Waals surface area contributed by atoms with Crippen LogP contribution >= 0.6 is 0 Å². The summed E-state index contributed by atoms with van der Waals surface area (Å²) in [6.07, 6.45) is -21.4. The lowest BCUT2D eigenvalue weighted by Crippen LogP contribution is -2.64. The Kier molecular flexibility index (Phi) is 8.21. The van der Waals surface area contributed by atoms with Crippen molar-refractivity contribution in [2.75, 3.05) is 13.2 Å². The van der Waals surface area contributed by atoms with E-state index in [4.69, 9.17) is 28.8 Å². The summed E-state index contributed by atoms with van der Waals surface area (Å²) in [7, 11) is 0. The standard InChI is InChI=1S/C17H30O14/c1-4-7(20)10(23)12(25)16(28-4)31-14-8(21)5(19)3-27-17(14)30-13-11(24)9(22)6(2-18)29-15(13)26/h4-26H,2-3H2,1H3/t4-,5+,6+,7-,8-,9+,10+,11-,12+,13+,14+,15?,16-,17-/m0/s1. The van der Waals surface area contributed by atoms with E-state index < -0.39 is 99.2 Å². The highest BCUT2D eigenvalue weighted by atomic mass is 16.8. The molecule has 0 aliphatic carbocycles. The third-order valence-corrected chi connectivity index (χ3v) is 5.66. The van der Waals surface area contributed by atoms with E-state index in [0.717, 1.165) is 0 Å². The maximum Gasteiger partial charge on any atom is 0.187 e. The predicted molar refractivity (Wildman–Crippen MR) is 93.8 cm³/mol.